The molecule has 110 valence electrons. The quantitative estimate of drug-likeness (QED) is 0.532. The highest BCUT2D eigenvalue weighted by Gasteiger charge is 2.57. The van der Waals surface area contributed by atoms with Crippen molar-refractivity contribution in [2.24, 2.45) is 34.0 Å². The Morgan fingerprint density at radius 1 is 0.667 bits per heavy atom. The SMILES string of the molecule is CCC(C(C)C)(C(C)(C)C)C(C)(C(C)C)C(C)C. The fraction of sp³-hybridized carbons (Fsp3) is 1.00. The summed E-state index contributed by atoms with van der Waals surface area (Å²) in [6, 6.07) is 0. The monoisotopic (exact) mass is 254 g/mol. The Labute approximate surface area is 117 Å². The Hall–Kier alpha value is 0. The Morgan fingerprint density at radius 2 is 1.00 bits per heavy atom. The van der Waals surface area contributed by atoms with Gasteiger partial charge in [0.2, 0.25) is 0 Å². The van der Waals surface area contributed by atoms with Crippen molar-refractivity contribution in [2.45, 2.75) is 82.6 Å². The van der Waals surface area contributed by atoms with E-state index >= 15 is 0 Å². The average molecular weight is 255 g/mol. The van der Waals surface area contributed by atoms with Gasteiger partial charge in [0.15, 0.2) is 0 Å². The molecule has 0 aliphatic carbocycles. The van der Waals surface area contributed by atoms with Gasteiger partial charge < -0.3 is 0 Å². The van der Waals surface area contributed by atoms with Crippen molar-refractivity contribution in [1.29, 1.82) is 0 Å². The predicted molar refractivity (Wildman–Crippen MR) is 84.8 cm³/mol. The van der Waals surface area contributed by atoms with Crippen molar-refractivity contribution in [2.75, 3.05) is 0 Å². The minimum absolute atomic E-state index is 0.333. The summed E-state index contributed by atoms with van der Waals surface area (Å²) >= 11 is 0. The zero-order valence-corrected chi connectivity index (χ0v) is 14.9. The van der Waals surface area contributed by atoms with Gasteiger partial charge in [0, 0.05) is 0 Å². The molecule has 0 aliphatic rings. The Balaban J connectivity index is 6.15. The van der Waals surface area contributed by atoms with Crippen LogP contribution in [0.25, 0.3) is 0 Å². The number of hydrogen-bond acceptors (Lipinski definition) is 0. The molecule has 0 saturated heterocycles. The first kappa shape index (κ1) is 18.0. The van der Waals surface area contributed by atoms with Crippen LogP contribution in [0.5, 0.6) is 0 Å². The largest absolute Gasteiger partial charge is 0.0648 e. The predicted octanol–water partition coefficient (Wildman–Crippen LogP) is 6.40. The van der Waals surface area contributed by atoms with Gasteiger partial charge in [0.05, 0.1) is 0 Å². The van der Waals surface area contributed by atoms with Gasteiger partial charge >= 0.3 is 0 Å². The molecule has 0 spiro atoms. The van der Waals surface area contributed by atoms with Gasteiger partial charge in [-0.1, -0.05) is 76.2 Å². The Morgan fingerprint density at radius 3 is 1.06 bits per heavy atom. The lowest BCUT2D eigenvalue weighted by Gasteiger charge is -2.63. The summed E-state index contributed by atoms with van der Waals surface area (Å²) in [7, 11) is 0. The van der Waals surface area contributed by atoms with Crippen LogP contribution in [-0.4, -0.2) is 0 Å². The lowest BCUT2D eigenvalue weighted by molar-refractivity contribution is -0.146. The second-order valence-electron chi connectivity index (χ2n) is 8.32. The van der Waals surface area contributed by atoms with Gasteiger partial charge in [-0.05, 0) is 40.4 Å². The highest BCUT2D eigenvalue weighted by molar-refractivity contribution is 5.05. The summed E-state index contributed by atoms with van der Waals surface area (Å²) in [4.78, 5) is 0. The standard InChI is InChI=1S/C18H38/c1-12-18(15(6)7,16(8,9)10)17(11,13(2)3)14(4)5/h13-15H,12H2,1-11H3. The summed E-state index contributed by atoms with van der Waals surface area (Å²) in [5.74, 6) is 2.12. The van der Waals surface area contributed by atoms with Gasteiger partial charge in [-0.3, -0.25) is 0 Å². The molecule has 0 heterocycles. The highest BCUT2D eigenvalue weighted by Crippen LogP contribution is 2.64. The topological polar surface area (TPSA) is 0 Å². The third-order valence-corrected chi connectivity index (χ3v) is 6.24. The van der Waals surface area contributed by atoms with Crippen LogP contribution < -0.4 is 0 Å². The number of rotatable bonds is 5. The molecule has 0 N–H and O–H groups in total. The third kappa shape index (κ3) is 2.37. The second-order valence-corrected chi connectivity index (χ2v) is 8.32. The molecule has 0 fully saturated rings. The van der Waals surface area contributed by atoms with Crippen molar-refractivity contribution in [3.05, 3.63) is 0 Å². The van der Waals surface area contributed by atoms with Gasteiger partial charge in [-0.25, -0.2) is 0 Å². The van der Waals surface area contributed by atoms with Crippen molar-refractivity contribution in [3.8, 4) is 0 Å². The first-order valence-corrected chi connectivity index (χ1v) is 7.89. The van der Waals surface area contributed by atoms with Gasteiger partial charge in [-0.15, -0.1) is 0 Å². The lowest BCUT2D eigenvalue weighted by atomic mass is 9.42. The first-order valence-electron chi connectivity index (χ1n) is 7.89. The summed E-state index contributed by atoms with van der Waals surface area (Å²) in [5, 5.41) is 0. The zero-order valence-electron chi connectivity index (χ0n) is 14.9. The fourth-order valence-electron chi connectivity index (χ4n) is 5.31. The zero-order chi connectivity index (χ0) is 14.9. The molecule has 1 atom stereocenters. The van der Waals surface area contributed by atoms with Crippen LogP contribution >= 0.6 is 0 Å². The van der Waals surface area contributed by atoms with Crippen LogP contribution in [0.1, 0.15) is 82.6 Å². The minimum atomic E-state index is 0.333. The second kappa shape index (κ2) is 5.55. The lowest BCUT2D eigenvalue weighted by Crippen LogP contribution is -2.56. The summed E-state index contributed by atoms with van der Waals surface area (Å²) in [6.45, 7) is 26.8. The molecule has 0 amide bonds. The van der Waals surface area contributed by atoms with Gasteiger partial charge in [-0.2, -0.15) is 0 Å². The molecule has 0 aromatic carbocycles. The van der Waals surface area contributed by atoms with Crippen LogP contribution in [0.2, 0.25) is 0 Å². The maximum atomic E-state index is 2.54. The highest BCUT2D eigenvalue weighted by atomic mass is 14.6. The summed E-state index contributed by atoms with van der Waals surface area (Å²) in [6.07, 6.45) is 1.26. The molecule has 0 aromatic heterocycles. The van der Waals surface area contributed by atoms with Crippen LogP contribution in [0.4, 0.5) is 0 Å². The maximum absolute atomic E-state index is 2.54. The van der Waals surface area contributed by atoms with E-state index in [4.69, 9.17) is 0 Å². The molecular formula is C18H38. The molecule has 0 aliphatic heterocycles. The third-order valence-electron chi connectivity index (χ3n) is 6.24. The smallest absolute Gasteiger partial charge is 0.0170 e. The molecule has 0 radical (unpaired) electrons. The van der Waals surface area contributed by atoms with E-state index in [9.17, 15) is 0 Å². The normalized spacial score (nSPS) is 17.7. The van der Waals surface area contributed by atoms with Crippen LogP contribution in [0.3, 0.4) is 0 Å². The van der Waals surface area contributed by atoms with E-state index in [2.05, 4.69) is 76.2 Å². The molecule has 0 saturated carbocycles. The number of hydrogen-bond donors (Lipinski definition) is 0. The van der Waals surface area contributed by atoms with Crippen molar-refractivity contribution >= 4 is 0 Å². The van der Waals surface area contributed by atoms with Gasteiger partial charge in [0.1, 0.15) is 0 Å². The molecule has 0 aromatic rings. The summed E-state index contributed by atoms with van der Waals surface area (Å²) < 4.78 is 0. The van der Waals surface area contributed by atoms with E-state index in [0.29, 0.717) is 34.0 Å². The molecule has 0 heteroatoms. The molecule has 0 bridgehead atoms. The molecule has 1 unspecified atom stereocenters. The maximum Gasteiger partial charge on any atom is -0.0170 e. The average Bonchev–Trinajstić information content (AvgIpc) is 2.15. The molecular weight excluding hydrogens is 216 g/mol. The Bertz CT molecular complexity index is 244. The van der Waals surface area contributed by atoms with Gasteiger partial charge in [0.25, 0.3) is 0 Å². The van der Waals surface area contributed by atoms with Crippen LogP contribution in [-0.2, 0) is 0 Å². The summed E-state index contributed by atoms with van der Waals surface area (Å²) in [5.41, 5.74) is 1.08. The molecule has 0 rings (SSSR count). The first-order chi connectivity index (χ1) is 7.89. The van der Waals surface area contributed by atoms with E-state index < -0.39 is 0 Å². The van der Waals surface area contributed by atoms with Crippen molar-refractivity contribution < 1.29 is 0 Å². The van der Waals surface area contributed by atoms with E-state index in [-0.39, 0.29) is 0 Å². The molecule has 0 nitrogen and oxygen atoms in total. The van der Waals surface area contributed by atoms with E-state index in [1.54, 1.807) is 0 Å². The van der Waals surface area contributed by atoms with E-state index in [0.717, 1.165) is 0 Å². The van der Waals surface area contributed by atoms with Crippen molar-refractivity contribution in [1.82, 2.24) is 0 Å². The van der Waals surface area contributed by atoms with Crippen molar-refractivity contribution in [3.63, 3.8) is 0 Å². The van der Waals surface area contributed by atoms with E-state index in [1.165, 1.54) is 6.42 Å². The van der Waals surface area contributed by atoms with E-state index in [1.807, 2.05) is 0 Å². The van der Waals surface area contributed by atoms with Crippen LogP contribution in [0, 0.1) is 34.0 Å². The van der Waals surface area contributed by atoms with Crippen LogP contribution in [0.15, 0.2) is 0 Å². The minimum Gasteiger partial charge on any atom is -0.0648 e. The molecule has 18 heavy (non-hydrogen) atoms. The Kier molecular flexibility index (Phi) is 5.55. The fourth-order valence-corrected chi connectivity index (χ4v) is 5.31.